The Labute approximate surface area is 120 Å². The second kappa shape index (κ2) is 13.9. The molecule has 0 radical (unpaired) electrons. The van der Waals surface area contributed by atoms with Gasteiger partial charge in [0.15, 0.2) is 0 Å². The van der Waals surface area contributed by atoms with Gasteiger partial charge in [0.25, 0.3) is 0 Å². The maximum Gasteiger partial charge on any atom is 0.308 e. The summed E-state index contributed by atoms with van der Waals surface area (Å²) in [7, 11) is 0. The van der Waals surface area contributed by atoms with Crippen molar-refractivity contribution in [3.8, 4) is 0 Å². The van der Waals surface area contributed by atoms with Gasteiger partial charge in [0.05, 0.1) is 12.5 Å². The molecular weight excluding hydrogens is 236 g/mol. The first kappa shape index (κ1) is 18.5. The Morgan fingerprint density at radius 3 is 1.63 bits per heavy atom. The minimum atomic E-state index is -0.0629. The molecule has 0 unspecified atom stereocenters. The van der Waals surface area contributed by atoms with E-state index in [1.807, 2.05) is 13.8 Å². The molecule has 19 heavy (non-hydrogen) atoms. The van der Waals surface area contributed by atoms with Crippen LogP contribution in [0.15, 0.2) is 0 Å². The minimum absolute atomic E-state index is 0.00714. The standard InChI is InChI=1S/C17H34O2/c1-4-5-6-7-8-9-10-11-12-13-14-15-19-17(18)16(2)3/h16H,4-15H2,1-3H3. The van der Waals surface area contributed by atoms with Crippen molar-refractivity contribution in [2.45, 2.75) is 91.4 Å². The topological polar surface area (TPSA) is 26.3 Å². The van der Waals surface area contributed by atoms with Crippen molar-refractivity contribution in [3.63, 3.8) is 0 Å². The van der Waals surface area contributed by atoms with Crippen LogP contribution in [0.5, 0.6) is 0 Å². The molecule has 2 nitrogen and oxygen atoms in total. The minimum Gasteiger partial charge on any atom is -0.465 e. The second-order valence-corrected chi connectivity index (χ2v) is 5.86. The SMILES string of the molecule is CCCCCCCCCCCCCOC(=O)C(C)C. The molecule has 0 amide bonds. The molecule has 0 atom stereocenters. The molecule has 0 saturated heterocycles. The van der Waals surface area contributed by atoms with Gasteiger partial charge in [-0.3, -0.25) is 4.79 Å². The molecule has 0 aromatic carbocycles. The van der Waals surface area contributed by atoms with Gasteiger partial charge in [0.2, 0.25) is 0 Å². The summed E-state index contributed by atoms with van der Waals surface area (Å²) in [6.07, 6.45) is 14.6. The molecule has 0 spiro atoms. The Hall–Kier alpha value is -0.530. The van der Waals surface area contributed by atoms with Crippen molar-refractivity contribution in [1.82, 2.24) is 0 Å². The molecule has 0 bridgehead atoms. The Kier molecular flexibility index (Phi) is 13.5. The highest BCUT2D eigenvalue weighted by Gasteiger charge is 2.06. The highest BCUT2D eigenvalue weighted by Crippen LogP contribution is 2.11. The van der Waals surface area contributed by atoms with E-state index in [1.54, 1.807) is 0 Å². The molecule has 0 aliphatic rings. The maximum atomic E-state index is 11.2. The van der Waals surface area contributed by atoms with E-state index in [4.69, 9.17) is 4.74 Å². The van der Waals surface area contributed by atoms with Crippen molar-refractivity contribution in [3.05, 3.63) is 0 Å². The van der Waals surface area contributed by atoms with Crippen LogP contribution in [0.2, 0.25) is 0 Å². The summed E-state index contributed by atoms with van der Waals surface area (Å²) in [4.78, 5) is 11.2. The number of ether oxygens (including phenoxy) is 1. The average Bonchev–Trinajstić information content (AvgIpc) is 2.39. The van der Waals surface area contributed by atoms with Gasteiger partial charge in [-0.05, 0) is 6.42 Å². The Bertz CT molecular complexity index is 199. The van der Waals surface area contributed by atoms with Crippen LogP contribution in [0.4, 0.5) is 0 Å². The lowest BCUT2D eigenvalue weighted by Crippen LogP contribution is -2.12. The maximum absolute atomic E-state index is 11.2. The van der Waals surface area contributed by atoms with Crippen LogP contribution in [-0.2, 0) is 9.53 Å². The zero-order chi connectivity index (χ0) is 14.3. The summed E-state index contributed by atoms with van der Waals surface area (Å²) in [5.74, 6) is -0.0558. The van der Waals surface area contributed by atoms with Gasteiger partial charge in [-0.2, -0.15) is 0 Å². The predicted molar refractivity (Wildman–Crippen MR) is 82.3 cm³/mol. The van der Waals surface area contributed by atoms with Gasteiger partial charge in [0.1, 0.15) is 0 Å². The highest BCUT2D eigenvalue weighted by atomic mass is 16.5. The number of carbonyl (C=O) groups excluding carboxylic acids is 1. The van der Waals surface area contributed by atoms with Gasteiger partial charge in [0, 0.05) is 0 Å². The van der Waals surface area contributed by atoms with E-state index in [9.17, 15) is 4.79 Å². The number of hydrogen-bond donors (Lipinski definition) is 0. The Morgan fingerprint density at radius 2 is 1.21 bits per heavy atom. The Balaban J connectivity index is 3.05. The van der Waals surface area contributed by atoms with E-state index >= 15 is 0 Å². The largest absolute Gasteiger partial charge is 0.465 e. The first-order valence-corrected chi connectivity index (χ1v) is 8.35. The molecule has 0 heterocycles. The van der Waals surface area contributed by atoms with Crippen molar-refractivity contribution >= 4 is 5.97 Å². The first-order valence-electron chi connectivity index (χ1n) is 8.35. The van der Waals surface area contributed by atoms with Gasteiger partial charge >= 0.3 is 5.97 Å². The number of hydrogen-bond acceptors (Lipinski definition) is 2. The van der Waals surface area contributed by atoms with Crippen LogP contribution < -0.4 is 0 Å². The van der Waals surface area contributed by atoms with Gasteiger partial charge < -0.3 is 4.74 Å². The normalized spacial score (nSPS) is 10.9. The van der Waals surface area contributed by atoms with Crippen LogP contribution in [0, 0.1) is 5.92 Å². The summed E-state index contributed by atoms with van der Waals surface area (Å²) in [6, 6.07) is 0. The molecule has 0 fully saturated rings. The zero-order valence-electron chi connectivity index (χ0n) is 13.4. The van der Waals surface area contributed by atoms with E-state index in [2.05, 4.69) is 6.92 Å². The second-order valence-electron chi connectivity index (χ2n) is 5.86. The lowest BCUT2D eigenvalue weighted by atomic mass is 10.1. The van der Waals surface area contributed by atoms with E-state index in [-0.39, 0.29) is 11.9 Å². The molecule has 0 aromatic rings. The van der Waals surface area contributed by atoms with Crippen LogP contribution in [0.25, 0.3) is 0 Å². The smallest absolute Gasteiger partial charge is 0.308 e. The van der Waals surface area contributed by atoms with Crippen LogP contribution in [-0.4, -0.2) is 12.6 Å². The van der Waals surface area contributed by atoms with Crippen LogP contribution >= 0.6 is 0 Å². The number of unbranched alkanes of at least 4 members (excludes halogenated alkanes) is 10. The summed E-state index contributed by atoms with van der Waals surface area (Å²) >= 11 is 0. The fourth-order valence-corrected chi connectivity index (χ4v) is 2.11. The van der Waals surface area contributed by atoms with Crippen molar-refractivity contribution in [2.75, 3.05) is 6.61 Å². The summed E-state index contributed by atoms with van der Waals surface area (Å²) in [6.45, 7) is 6.62. The fourth-order valence-electron chi connectivity index (χ4n) is 2.11. The molecule has 0 rings (SSSR count). The number of esters is 1. The molecule has 0 aliphatic carbocycles. The molecular formula is C17H34O2. The number of carbonyl (C=O) groups is 1. The van der Waals surface area contributed by atoms with Gasteiger partial charge in [-0.1, -0.05) is 85.0 Å². The first-order chi connectivity index (χ1) is 9.18. The van der Waals surface area contributed by atoms with Gasteiger partial charge in [-0.15, -0.1) is 0 Å². The van der Waals surface area contributed by atoms with E-state index in [0.717, 1.165) is 6.42 Å². The fraction of sp³-hybridized carbons (Fsp3) is 0.941. The Morgan fingerprint density at radius 1 is 0.789 bits per heavy atom. The molecule has 0 N–H and O–H groups in total. The average molecular weight is 270 g/mol. The molecule has 0 saturated carbocycles. The quantitative estimate of drug-likeness (QED) is 0.326. The molecule has 0 aromatic heterocycles. The van der Waals surface area contributed by atoms with E-state index in [0.29, 0.717) is 6.61 Å². The van der Waals surface area contributed by atoms with E-state index < -0.39 is 0 Å². The summed E-state index contributed by atoms with van der Waals surface area (Å²) < 4.78 is 5.15. The third kappa shape index (κ3) is 13.7. The summed E-state index contributed by atoms with van der Waals surface area (Å²) in [5, 5.41) is 0. The van der Waals surface area contributed by atoms with E-state index in [1.165, 1.54) is 64.2 Å². The van der Waals surface area contributed by atoms with Gasteiger partial charge in [-0.25, -0.2) is 0 Å². The summed E-state index contributed by atoms with van der Waals surface area (Å²) in [5.41, 5.74) is 0. The molecule has 0 aliphatic heterocycles. The van der Waals surface area contributed by atoms with Crippen molar-refractivity contribution in [2.24, 2.45) is 5.92 Å². The third-order valence-corrected chi connectivity index (χ3v) is 3.46. The van der Waals surface area contributed by atoms with Crippen LogP contribution in [0.1, 0.15) is 91.4 Å². The lowest BCUT2D eigenvalue weighted by Gasteiger charge is -2.06. The van der Waals surface area contributed by atoms with Crippen LogP contribution in [0.3, 0.4) is 0 Å². The van der Waals surface area contributed by atoms with Crippen molar-refractivity contribution in [1.29, 1.82) is 0 Å². The molecule has 114 valence electrons. The third-order valence-electron chi connectivity index (χ3n) is 3.46. The zero-order valence-corrected chi connectivity index (χ0v) is 13.4. The lowest BCUT2D eigenvalue weighted by molar-refractivity contribution is -0.147. The highest BCUT2D eigenvalue weighted by molar-refractivity contribution is 5.71. The number of rotatable bonds is 13. The monoisotopic (exact) mass is 270 g/mol. The predicted octanol–water partition coefficient (Wildman–Crippen LogP) is 5.50. The molecule has 2 heteroatoms. The van der Waals surface area contributed by atoms with Crippen molar-refractivity contribution < 1.29 is 9.53 Å².